The van der Waals surface area contributed by atoms with E-state index in [9.17, 15) is 8.78 Å². The Morgan fingerprint density at radius 1 is 1.41 bits per heavy atom. The van der Waals surface area contributed by atoms with Gasteiger partial charge in [-0.2, -0.15) is 0 Å². The molecule has 5 heteroatoms. The standard InChI is InChI=1S/C12H22F2N2O/c1-9-6-10(7-16(9)11-2-3-11)15-4-5-17-8-12(13)14/h9-12,15H,2-8H2,1H3. The van der Waals surface area contributed by atoms with Gasteiger partial charge in [-0.15, -0.1) is 0 Å². The topological polar surface area (TPSA) is 24.5 Å². The summed E-state index contributed by atoms with van der Waals surface area (Å²) in [6.45, 7) is 3.96. The summed E-state index contributed by atoms with van der Waals surface area (Å²) in [6.07, 6.45) is 1.49. The van der Waals surface area contributed by atoms with Crippen LogP contribution in [0.5, 0.6) is 0 Å². The van der Waals surface area contributed by atoms with Crippen molar-refractivity contribution < 1.29 is 13.5 Å². The van der Waals surface area contributed by atoms with Gasteiger partial charge in [-0.1, -0.05) is 0 Å². The van der Waals surface area contributed by atoms with Crippen molar-refractivity contribution in [2.45, 2.75) is 50.7 Å². The molecule has 0 spiro atoms. The molecule has 1 saturated heterocycles. The monoisotopic (exact) mass is 248 g/mol. The molecule has 0 aromatic carbocycles. The highest BCUT2D eigenvalue weighted by Crippen LogP contribution is 2.33. The highest BCUT2D eigenvalue weighted by molar-refractivity contribution is 4.95. The molecule has 0 aromatic heterocycles. The molecule has 2 rings (SSSR count). The van der Waals surface area contributed by atoms with E-state index in [4.69, 9.17) is 4.74 Å². The van der Waals surface area contributed by atoms with Gasteiger partial charge in [0.25, 0.3) is 6.43 Å². The van der Waals surface area contributed by atoms with Crippen LogP contribution >= 0.6 is 0 Å². The Balaban J connectivity index is 1.54. The number of hydrogen-bond acceptors (Lipinski definition) is 3. The summed E-state index contributed by atoms with van der Waals surface area (Å²) >= 11 is 0. The van der Waals surface area contributed by atoms with E-state index in [-0.39, 0.29) is 0 Å². The first-order valence-electron chi connectivity index (χ1n) is 6.52. The molecular formula is C12H22F2N2O. The van der Waals surface area contributed by atoms with Gasteiger partial charge in [0.15, 0.2) is 0 Å². The van der Waals surface area contributed by atoms with Gasteiger partial charge in [-0.3, -0.25) is 4.90 Å². The maximum atomic E-state index is 11.8. The van der Waals surface area contributed by atoms with E-state index >= 15 is 0 Å². The van der Waals surface area contributed by atoms with E-state index in [2.05, 4.69) is 17.1 Å². The Hall–Kier alpha value is -0.260. The highest BCUT2D eigenvalue weighted by Gasteiger charge is 2.38. The summed E-state index contributed by atoms with van der Waals surface area (Å²) in [5.41, 5.74) is 0. The van der Waals surface area contributed by atoms with Crippen LogP contribution in [0.4, 0.5) is 8.78 Å². The lowest BCUT2D eigenvalue weighted by Crippen LogP contribution is -2.35. The fourth-order valence-electron chi connectivity index (χ4n) is 2.63. The molecule has 2 atom stereocenters. The molecule has 0 amide bonds. The predicted octanol–water partition coefficient (Wildman–Crippen LogP) is 1.48. The molecule has 2 aliphatic rings. The van der Waals surface area contributed by atoms with Gasteiger partial charge in [0, 0.05) is 31.2 Å². The second kappa shape index (κ2) is 6.07. The van der Waals surface area contributed by atoms with Crippen molar-refractivity contribution >= 4 is 0 Å². The minimum absolute atomic E-state index is 0.374. The third-order valence-electron chi connectivity index (χ3n) is 3.56. The number of nitrogens with zero attached hydrogens (tertiary/aromatic N) is 1. The average Bonchev–Trinajstić information content (AvgIpc) is 3.03. The molecule has 17 heavy (non-hydrogen) atoms. The largest absolute Gasteiger partial charge is 0.374 e. The first kappa shape index (κ1) is 13.2. The van der Waals surface area contributed by atoms with Gasteiger partial charge in [0.05, 0.1) is 6.61 Å². The van der Waals surface area contributed by atoms with E-state index in [0.717, 1.165) is 19.0 Å². The Bertz CT molecular complexity index is 237. The summed E-state index contributed by atoms with van der Waals surface area (Å²) in [7, 11) is 0. The van der Waals surface area contributed by atoms with Crippen molar-refractivity contribution in [3.63, 3.8) is 0 Å². The summed E-state index contributed by atoms with van der Waals surface area (Å²) < 4.78 is 28.5. The SMILES string of the molecule is CC1CC(NCCOCC(F)F)CN1C1CC1. The van der Waals surface area contributed by atoms with Crippen LogP contribution in [0.3, 0.4) is 0 Å². The number of rotatable bonds is 7. The van der Waals surface area contributed by atoms with Crippen molar-refractivity contribution in [3.8, 4) is 0 Å². The molecule has 0 radical (unpaired) electrons. The van der Waals surface area contributed by atoms with Crippen LogP contribution < -0.4 is 5.32 Å². The number of halogens is 2. The van der Waals surface area contributed by atoms with Gasteiger partial charge in [-0.05, 0) is 26.2 Å². The lowest BCUT2D eigenvalue weighted by atomic mass is 10.2. The van der Waals surface area contributed by atoms with Gasteiger partial charge < -0.3 is 10.1 Å². The molecule has 0 aromatic rings. The minimum atomic E-state index is -2.35. The van der Waals surface area contributed by atoms with Crippen LogP contribution in [0.2, 0.25) is 0 Å². The first-order chi connectivity index (χ1) is 8.16. The molecule has 1 aliphatic carbocycles. The maximum absolute atomic E-state index is 11.8. The van der Waals surface area contributed by atoms with E-state index in [1.807, 2.05) is 0 Å². The fraction of sp³-hybridized carbons (Fsp3) is 1.00. The lowest BCUT2D eigenvalue weighted by molar-refractivity contribution is 0.0182. The van der Waals surface area contributed by atoms with Crippen LogP contribution in [-0.2, 0) is 4.74 Å². The Morgan fingerprint density at radius 3 is 2.82 bits per heavy atom. The molecule has 2 fully saturated rings. The number of alkyl halides is 2. The Morgan fingerprint density at radius 2 is 2.18 bits per heavy atom. The predicted molar refractivity (Wildman–Crippen MR) is 62.4 cm³/mol. The Labute approximate surface area is 101 Å². The Kier molecular flexibility index (Phi) is 4.70. The average molecular weight is 248 g/mol. The van der Waals surface area contributed by atoms with Crippen molar-refractivity contribution in [2.24, 2.45) is 0 Å². The molecule has 2 unspecified atom stereocenters. The summed E-state index contributed by atoms with van der Waals surface area (Å²) in [5.74, 6) is 0. The molecule has 1 heterocycles. The zero-order valence-corrected chi connectivity index (χ0v) is 10.4. The summed E-state index contributed by atoms with van der Waals surface area (Å²) in [6, 6.07) is 1.97. The number of ether oxygens (including phenoxy) is 1. The zero-order valence-electron chi connectivity index (χ0n) is 10.4. The minimum Gasteiger partial charge on any atom is -0.374 e. The number of nitrogens with one attached hydrogen (secondary N) is 1. The smallest absolute Gasteiger partial charge is 0.261 e. The van der Waals surface area contributed by atoms with Gasteiger partial charge in [-0.25, -0.2) is 8.78 Å². The van der Waals surface area contributed by atoms with E-state index < -0.39 is 13.0 Å². The summed E-state index contributed by atoms with van der Waals surface area (Å²) in [4.78, 5) is 2.57. The quantitative estimate of drug-likeness (QED) is 0.691. The van der Waals surface area contributed by atoms with Crippen molar-refractivity contribution in [2.75, 3.05) is 26.3 Å². The van der Waals surface area contributed by atoms with Gasteiger partial charge in [0.1, 0.15) is 6.61 Å². The third-order valence-corrected chi connectivity index (χ3v) is 3.56. The second-order valence-electron chi connectivity index (χ2n) is 5.13. The third kappa shape index (κ3) is 4.16. The highest BCUT2D eigenvalue weighted by atomic mass is 19.3. The van der Waals surface area contributed by atoms with E-state index in [1.54, 1.807) is 0 Å². The van der Waals surface area contributed by atoms with Crippen molar-refractivity contribution in [1.29, 1.82) is 0 Å². The molecule has 1 N–H and O–H groups in total. The van der Waals surface area contributed by atoms with E-state index in [1.165, 1.54) is 12.8 Å². The molecular weight excluding hydrogens is 226 g/mol. The number of likely N-dealkylation sites (tertiary alicyclic amines) is 1. The molecule has 100 valence electrons. The molecule has 1 aliphatic heterocycles. The summed E-state index contributed by atoms with van der Waals surface area (Å²) in [5, 5.41) is 3.39. The number of hydrogen-bond donors (Lipinski definition) is 1. The van der Waals surface area contributed by atoms with Gasteiger partial charge in [0.2, 0.25) is 0 Å². The van der Waals surface area contributed by atoms with Crippen molar-refractivity contribution in [1.82, 2.24) is 10.2 Å². The first-order valence-corrected chi connectivity index (χ1v) is 6.52. The van der Waals surface area contributed by atoms with Crippen LogP contribution in [0, 0.1) is 0 Å². The van der Waals surface area contributed by atoms with Crippen LogP contribution in [0.25, 0.3) is 0 Å². The van der Waals surface area contributed by atoms with E-state index in [0.29, 0.717) is 25.2 Å². The second-order valence-corrected chi connectivity index (χ2v) is 5.13. The van der Waals surface area contributed by atoms with Crippen LogP contribution in [0.1, 0.15) is 26.2 Å². The fourth-order valence-corrected chi connectivity index (χ4v) is 2.63. The van der Waals surface area contributed by atoms with Crippen LogP contribution in [-0.4, -0.2) is 55.8 Å². The molecule has 3 nitrogen and oxygen atoms in total. The molecule has 1 saturated carbocycles. The van der Waals surface area contributed by atoms with Crippen molar-refractivity contribution in [3.05, 3.63) is 0 Å². The molecule has 0 bridgehead atoms. The maximum Gasteiger partial charge on any atom is 0.261 e. The lowest BCUT2D eigenvalue weighted by Gasteiger charge is -2.19. The zero-order chi connectivity index (χ0) is 12.3. The van der Waals surface area contributed by atoms with Gasteiger partial charge >= 0.3 is 0 Å². The normalized spacial score (nSPS) is 30.4. The van der Waals surface area contributed by atoms with Crippen LogP contribution in [0.15, 0.2) is 0 Å².